The first-order chi connectivity index (χ1) is 9.58. The second-order valence-corrected chi connectivity index (χ2v) is 4.77. The van der Waals surface area contributed by atoms with Gasteiger partial charge in [-0.25, -0.2) is 0 Å². The van der Waals surface area contributed by atoms with Gasteiger partial charge in [-0.1, -0.05) is 5.10 Å². The van der Waals surface area contributed by atoms with Gasteiger partial charge in [-0.2, -0.15) is 0 Å². The number of piperidine rings is 1. The van der Waals surface area contributed by atoms with Gasteiger partial charge in [-0.05, 0) is 19.4 Å². The number of hydrogen-bond acceptors (Lipinski definition) is 7. The van der Waals surface area contributed by atoms with Crippen molar-refractivity contribution < 1.29 is 18.7 Å². The van der Waals surface area contributed by atoms with Crippen LogP contribution in [0, 0.1) is 12.8 Å². The van der Waals surface area contributed by atoms with Crippen LogP contribution in [0.5, 0.6) is 0 Å². The average molecular weight is 282 g/mol. The fourth-order valence-corrected chi connectivity index (χ4v) is 2.27. The maximum atomic E-state index is 11.8. The summed E-state index contributed by atoms with van der Waals surface area (Å²) in [5, 5.41) is 9.85. The van der Waals surface area contributed by atoms with Gasteiger partial charge in [0.25, 0.3) is 0 Å². The zero-order valence-electron chi connectivity index (χ0n) is 11.6. The number of carbonyl (C=O) groups is 2. The summed E-state index contributed by atoms with van der Waals surface area (Å²) in [6.07, 6.45) is 1.67. The zero-order chi connectivity index (χ0) is 14.5. The summed E-state index contributed by atoms with van der Waals surface area (Å²) in [5.74, 6) is -0.224. The van der Waals surface area contributed by atoms with Crippen molar-refractivity contribution in [3.05, 3.63) is 5.89 Å². The Morgan fingerprint density at radius 3 is 2.95 bits per heavy atom. The van der Waals surface area contributed by atoms with Gasteiger partial charge >= 0.3 is 12.0 Å². The quantitative estimate of drug-likeness (QED) is 0.788. The van der Waals surface area contributed by atoms with Crippen molar-refractivity contribution in [2.24, 2.45) is 5.92 Å². The van der Waals surface area contributed by atoms with Gasteiger partial charge < -0.3 is 9.15 Å². The van der Waals surface area contributed by atoms with Crippen LogP contribution in [0.2, 0.25) is 0 Å². The third-order valence-corrected chi connectivity index (χ3v) is 3.18. The number of nitrogens with zero attached hydrogens (tertiary/aromatic N) is 3. The van der Waals surface area contributed by atoms with Crippen LogP contribution in [0.25, 0.3) is 0 Å². The number of hydrogen-bond donors (Lipinski definition) is 1. The molecule has 0 aliphatic carbocycles. The monoisotopic (exact) mass is 282 g/mol. The van der Waals surface area contributed by atoms with E-state index >= 15 is 0 Å². The molecule has 0 aromatic carbocycles. The molecule has 0 spiro atoms. The third-order valence-electron chi connectivity index (χ3n) is 3.18. The molecule has 1 aliphatic rings. The number of rotatable bonds is 4. The molecule has 1 N–H and O–H groups in total. The van der Waals surface area contributed by atoms with Crippen molar-refractivity contribution >= 4 is 17.9 Å². The van der Waals surface area contributed by atoms with Gasteiger partial charge in [0, 0.05) is 13.5 Å². The second-order valence-electron chi connectivity index (χ2n) is 4.77. The van der Waals surface area contributed by atoms with Crippen LogP contribution in [0.15, 0.2) is 4.42 Å². The molecule has 110 valence electrons. The van der Waals surface area contributed by atoms with E-state index in [1.54, 1.807) is 6.92 Å². The highest BCUT2D eigenvalue weighted by atomic mass is 16.5. The van der Waals surface area contributed by atoms with Crippen LogP contribution in [-0.4, -0.2) is 53.7 Å². The van der Waals surface area contributed by atoms with E-state index in [9.17, 15) is 9.59 Å². The Kier molecular flexibility index (Phi) is 4.67. The molecule has 2 heterocycles. The largest absolute Gasteiger partial charge is 0.469 e. The van der Waals surface area contributed by atoms with E-state index in [1.165, 1.54) is 7.11 Å². The first-order valence-electron chi connectivity index (χ1n) is 6.48. The molecule has 1 fully saturated rings. The van der Waals surface area contributed by atoms with Gasteiger partial charge in [-0.15, -0.1) is 5.10 Å². The maximum Gasteiger partial charge on any atom is 0.322 e. The number of nitrogens with one attached hydrogen (secondary N) is 1. The van der Waals surface area contributed by atoms with Gasteiger partial charge in [-0.3, -0.25) is 19.8 Å². The van der Waals surface area contributed by atoms with Crippen LogP contribution >= 0.6 is 0 Å². The Balaban J connectivity index is 1.83. The average Bonchev–Trinajstić information content (AvgIpc) is 2.83. The standard InChI is InChI=1S/C12H18N4O4/c1-8-14-15-12(20-8)13-10(17)7-16-5-3-4-9(6-16)11(18)19-2/h9H,3-7H2,1-2H3,(H,13,15,17)/t9-/m0/s1. The van der Waals surface area contributed by atoms with Crippen LogP contribution in [-0.2, 0) is 14.3 Å². The number of aryl methyl sites for hydroxylation is 1. The lowest BCUT2D eigenvalue weighted by Crippen LogP contribution is -2.42. The summed E-state index contributed by atoms with van der Waals surface area (Å²) >= 11 is 0. The van der Waals surface area contributed by atoms with E-state index < -0.39 is 0 Å². The highest BCUT2D eigenvalue weighted by molar-refractivity contribution is 5.90. The van der Waals surface area contributed by atoms with Crippen LogP contribution in [0.3, 0.4) is 0 Å². The lowest BCUT2D eigenvalue weighted by molar-refractivity contribution is -0.147. The van der Waals surface area contributed by atoms with Crippen molar-refractivity contribution in [1.29, 1.82) is 0 Å². The van der Waals surface area contributed by atoms with Gasteiger partial charge in [0.15, 0.2) is 0 Å². The molecule has 0 saturated carbocycles. The lowest BCUT2D eigenvalue weighted by Gasteiger charge is -2.30. The van der Waals surface area contributed by atoms with Gasteiger partial charge in [0.1, 0.15) is 0 Å². The number of likely N-dealkylation sites (tertiary alicyclic amines) is 1. The minimum atomic E-state index is -0.237. The van der Waals surface area contributed by atoms with Crippen LogP contribution < -0.4 is 5.32 Å². The number of ether oxygens (including phenoxy) is 1. The Bertz CT molecular complexity index is 488. The summed E-state index contributed by atoms with van der Waals surface area (Å²) in [6.45, 7) is 3.15. The Morgan fingerprint density at radius 2 is 2.30 bits per heavy atom. The van der Waals surface area contributed by atoms with E-state index in [2.05, 4.69) is 15.5 Å². The lowest BCUT2D eigenvalue weighted by atomic mass is 9.98. The molecule has 1 amide bonds. The minimum absolute atomic E-state index is 0.0917. The van der Waals surface area contributed by atoms with E-state index in [4.69, 9.17) is 9.15 Å². The normalized spacial score (nSPS) is 19.6. The molecule has 8 nitrogen and oxygen atoms in total. The number of esters is 1. The van der Waals surface area contributed by atoms with E-state index in [0.717, 1.165) is 19.4 Å². The molecular formula is C12H18N4O4. The molecular weight excluding hydrogens is 264 g/mol. The Labute approximate surface area is 116 Å². The molecule has 2 rings (SSSR count). The summed E-state index contributed by atoms with van der Waals surface area (Å²) in [5.41, 5.74) is 0. The Morgan fingerprint density at radius 1 is 1.50 bits per heavy atom. The van der Waals surface area contributed by atoms with Crippen molar-refractivity contribution in [3.8, 4) is 0 Å². The molecule has 1 aliphatic heterocycles. The van der Waals surface area contributed by atoms with E-state index in [-0.39, 0.29) is 30.4 Å². The topological polar surface area (TPSA) is 97.6 Å². The molecule has 1 atom stereocenters. The van der Waals surface area contributed by atoms with Crippen molar-refractivity contribution in [3.63, 3.8) is 0 Å². The van der Waals surface area contributed by atoms with Crippen molar-refractivity contribution in [1.82, 2.24) is 15.1 Å². The highest BCUT2D eigenvalue weighted by Gasteiger charge is 2.27. The predicted molar refractivity (Wildman–Crippen MR) is 68.8 cm³/mol. The van der Waals surface area contributed by atoms with Crippen LogP contribution in [0.1, 0.15) is 18.7 Å². The molecule has 1 aromatic heterocycles. The minimum Gasteiger partial charge on any atom is -0.469 e. The third kappa shape index (κ3) is 3.77. The van der Waals surface area contributed by atoms with E-state index in [0.29, 0.717) is 12.4 Å². The summed E-state index contributed by atoms with van der Waals surface area (Å²) in [4.78, 5) is 25.3. The first-order valence-corrected chi connectivity index (χ1v) is 6.48. The maximum absolute atomic E-state index is 11.8. The molecule has 20 heavy (non-hydrogen) atoms. The molecule has 8 heteroatoms. The molecule has 1 saturated heterocycles. The predicted octanol–water partition coefficient (Wildman–Crippen LogP) is 0.202. The highest BCUT2D eigenvalue weighted by Crippen LogP contribution is 2.17. The number of amides is 1. The Hall–Kier alpha value is -1.96. The fraction of sp³-hybridized carbons (Fsp3) is 0.667. The van der Waals surface area contributed by atoms with E-state index in [1.807, 2.05) is 4.90 Å². The molecule has 1 aromatic rings. The summed E-state index contributed by atoms with van der Waals surface area (Å²) in [7, 11) is 1.38. The number of aromatic nitrogens is 2. The smallest absolute Gasteiger partial charge is 0.322 e. The number of methoxy groups -OCH3 is 1. The van der Waals surface area contributed by atoms with Crippen molar-refractivity contribution in [2.45, 2.75) is 19.8 Å². The fourth-order valence-electron chi connectivity index (χ4n) is 2.27. The van der Waals surface area contributed by atoms with Gasteiger partial charge in [0.2, 0.25) is 11.8 Å². The van der Waals surface area contributed by atoms with Gasteiger partial charge in [0.05, 0.1) is 19.6 Å². The molecule has 0 bridgehead atoms. The zero-order valence-corrected chi connectivity index (χ0v) is 11.6. The SMILES string of the molecule is COC(=O)[C@H]1CCCN(CC(=O)Nc2nnc(C)o2)C1. The number of carbonyl (C=O) groups excluding carboxylic acids is 2. The summed E-state index contributed by atoms with van der Waals surface area (Å²) in [6, 6.07) is 0.0917. The number of anilines is 1. The summed E-state index contributed by atoms with van der Waals surface area (Å²) < 4.78 is 9.82. The van der Waals surface area contributed by atoms with Crippen LogP contribution in [0.4, 0.5) is 6.01 Å². The van der Waals surface area contributed by atoms with Crippen molar-refractivity contribution in [2.75, 3.05) is 32.1 Å². The molecule has 0 radical (unpaired) electrons. The molecule has 0 unspecified atom stereocenters. The first kappa shape index (κ1) is 14.4. The second kappa shape index (κ2) is 6.47.